The average molecular weight is 282 g/mol. The number of nitrogens with one attached hydrogen (secondary N) is 1. The molecular formula is C11H10N2O5S. The van der Waals surface area contributed by atoms with E-state index in [1.807, 2.05) is 0 Å². The molecule has 100 valence electrons. The van der Waals surface area contributed by atoms with Gasteiger partial charge in [0, 0.05) is 6.08 Å². The zero-order valence-electron chi connectivity index (χ0n) is 9.57. The number of furan rings is 1. The van der Waals surface area contributed by atoms with Crippen molar-refractivity contribution in [3.05, 3.63) is 29.1 Å². The summed E-state index contributed by atoms with van der Waals surface area (Å²) in [5.41, 5.74) is 0. The molecule has 1 atom stereocenters. The molecule has 8 heteroatoms. The molecule has 2 heterocycles. The smallest absolute Gasteiger partial charge is 0.330 e. The molecule has 0 bridgehead atoms. The molecule has 0 saturated carbocycles. The second-order valence-electron chi connectivity index (χ2n) is 3.55. The van der Waals surface area contributed by atoms with Crippen molar-refractivity contribution in [1.29, 1.82) is 0 Å². The number of aliphatic imine (C=N–C) groups is 1. The van der Waals surface area contributed by atoms with Crippen molar-refractivity contribution in [2.75, 3.05) is 6.61 Å². The predicted molar refractivity (Wildman–Crippen MR) is 68.4 cm³/mol. The van der Waals surface area contributed by atoms with E-state index in [-0.39, 0.29) is 11.1 Å². The zero-order valence-corrected chi connectivity index (χ0v) is 10.4. The summed E-state index contributed by atoms with van der Waals surface area (Å²) in [6.45, 7) is -0.632. The van der Waals surface area contributed by atoms with Crippen LogP contribution in [0.2, 0.25) is 0 Å². The molecule has 19 heavy (non-hydrogen) atoms. The van der Waals surface area contributed by atoms with Gasteiger partial charge >= 0.3 is 5.97 Å². The predicted octanol–water partition coefficient (Wildman–Crippen LogP) is 0.285. The molecule has 3 N–H and O–H groups in total. The van der Waals surface area contributed by atoms with Crippen LogP contribution in [-0.2, 0) is 9.59 Å². The summed E-state index contributed by atoms with van der Waals surface area (Å²) in [6.07, 6.45) is 3.00. The number of amides is 1. The minimum absolute atomic E-state index is 0.143. The van der Waals surface area contributed by atoms with Crippen LogP contribution in [0.3, 0.4) is 0 Å². The third-order valence-corrected chi connectivity index (χ3v) is 3.12. The van der Waals surface area contributed by atoms with Crippen LogP contribution < -0.4 is 5.32 Å². The van der Waals surface area contributed by atoms with Gasteiger partial charge in [-0.25, -0.2) is 9.79 Å². The third kappa shape index (κ3) is 3.24. The van der Waals surface area contributed by atoms with E-state index in [9.17, 15) is 9.59 Å². The molecule has 1 amide bonds. The van der Waals surface area contributed by atoms with E-state index in [2.05, 4.69) is 10.3 Å². The minimum atomic E-state index is -1.29. The summed E-state index contributed by atoms with van der Waals surface area (Å²) >= 11 is 0.994. The lowest BCUT2D eigenvalue weighted by molar-refractivity contribution is -0.139. The lowest BCUT2D eigenvalue weighted by Gasteiger charge is -2.03. The van der Waals surface area contributed by atoms with Crippen LogP contribution in [-0.4, -0.2) is 39.9 Å². The Morgan fingerprint density at radius 3 is 3.00 bits per heavy atom. The Balaban J connectivity index is 2.15. The Kier molecular flexibility index (Phi) is 4.03. The van der Waals surface area contributed by atoms with Crippen LogP contribution >= 0.6 is 11.8 Å². The van der Waals surface area contributed by atoms with Crippen molar-refractivity contribution in [3.63, 3.8) is 0 Å². The van der Waals surface area contributed by atoms with Crippen molar-refractivity contribution >= 4 is 34.9 Å². The van der Waals surface area contributed by atoms with Crippen LogP contribution in [0, 0.1) is 0 Å². The van der Waals surface area contributed by atoms with Crippen molar-refractivity contribution in [2.24, 2.45) is 4.99 Å². The SMILES string of the molecule is O=C1NC(=N[C@@H](CO)C(=O)O)S/C1=C\c1ccco1. The summed E-state index contributed by atoms with van der Waals surface area (Å²) in [4.78, 5) is 26.4. The molecule has 1 saturated heterocycles. The molecule has 0 unspecified atom stereocenters. The zero-order chi connectivity index (χ0) is 13.8. The largest absolute Gasteiger partial charge is 0.480 e. The van der Waals surface area contributed by atoms with Crippen LogP contribution in [0.15, 0.2) is 32.7 Å². The highest BCUT2D eigenvalue weighted by Crippen LogP contribution is 2.26. The number of aliphatic carboxylic acids is 1. The summed E-state index contributed by atoms with van der Waals surface area (Å²) < 4.78 is 5.08. The van der Waals surface area contributed by atoms with Gasteiger partial charge in [0.05, 0.1) is 17.8 Å². The summed E-state index contributed by atoms with van der Waals surface area (Å²) in [5, 5.41) is 20.2. The molecule has 1 fully saturated rings. The van der Waals surface area contributed by atoms with Gasteiger partial charge in [-0.05, 0) is 23.9 Å². The van der Waals surface area contributed by atoms with E-state index in [1.165, 1.54) is 12.3 Å². The van der Waals surface area contributed by atoms with Crippen LogP contribution in [0.25, 0.3) is 6.08 Å². The number of rotatable bonds is 4. The van der Waals surface area contributed by atoms with Gasteiger partial charge in [-0.15, -0.1) is 0 Å². The Morgan fingerprint density at radius 1 is 1.63 bits per heavy atom. The van der Waals surface area contributed by atoms with Crippen molar-refractivity contribution < 1.29 is 24.2 Å². The third-order valence-electron chi connectivity index (χ3n) is 2.20. The Bertz CT molecular complexity index is 549. The Hall–Kier alpha value is -2.06. The number of hydrogen-bond donors (Lipinski definition) is 3. The number of carbonyl (C=O) groups excluding carboxylic acids is 1. The van der Waals surface area contributed by atoms with E-state index in [1.54, 1.807) is 12.1 Å². The lowest BCUT2D eigenvalue weighted by atomic mass is 10.3. The van der Waals surface area contributed by atoms with Gasteiger partial charge in [-0.3, -0.25) is 4.79 Å². The summed E-state index contributed by atoms with van der Waals surface area (Å²) in [6, 6.07) is 2.08. The first kappa shape index (κ1) is 13.4. The van der Waals surface area contributed by atoms with E-state index in [0.717, 1.165) is 11.8 Å². The molecule has 1 aliphatic heterocycles. The fourth-order valence-corrected chi connectivity index (χ4v) is 2.16. The second kappa shape index (κ2) is 5.72. The molecule has 1 aromatic heterocycles. The van der Waals surface area contributed by atoms with E-state index >= 15 is 0 Å². The number of carbonyl (C=O) groups is 2. The van der Waals surface area contributed by atoms with Gasteiger partial charge in [-0.1, -0.05) is 0 Å². The maximum atomic E-state index is 11.6. The monoisotopic (exact) mass is 282 g/mol. The van der Waals surface area contributed by atoms with E-state index in [0.29, 0.717) is 10.7 Å². The molecule has 0 spiro atoms. The summed E-state index contributed by atoms with van der Waals surface area (Å²) in [5.74, 6) is -1.13. The minimum Gasteiger partial charge on any atom is -0.480 e. The van der Waals surface area contributed by atoms with Gasteiger partial charge in [0.15, 0.2) is 11.2 Å². The maximum absolute atomic E-state index is 11.6. The molecule has 0 radical (unpaired) electrons. The number of hydrogen-bond acceptors (Lipinski definition) is 6. The van der Waals surface area contributed by atoms with Crippen molar-refractivity contribution in [3.8, 4) is 0 Å². The van der Waals surface area contributed by atoms with Crippen LogP contribution in [0.5, 0.6) is 0 Å². The number of carboxylic acids is 1. The Labute approximate surface area is 112 Å². The number of aliphatic hydroxyl groups is 1. The molecule has 1 aliphatic rings. The van der Waals surface area contributed by atoms with E-state index in [4.69, 9.17) is 14.6 Å². The van der Waals surface area contributed by atoms with Gasteiger partial charge in [0.25, 0.3) is 5.91 Å². The van der Waals surface area contributed by atoms with Crippen LogP contribution in [0.1, 0.15) is 5.76 Å². The average Bonchev–Trinajstić information content (AvgIpc) is 2.97. The number of nitrogens with zero attached hydrogens (tertiary/aromatic N) is 1. The molecule has 1 aromatic rings. The molecule has 0 aliphatic carbocycles. The highest BCUT2D eigenvalue weighted by molar-refractivity contribution is 8.18. The quantitative estimate of drug-likeness (QED) is 0.684. The highest BCUT2D eigenvalue weighted by atomic mass is 32.2. The van der Waals surface area contributed by atoms with Crippen molar-refractivity contribution in [2.45, 2.75) is 6.04 Å². The maximum Gasteiger partial charge on any atom is 0.330 e. The van der Waals surface area contributed by atoms with Gasteiger partial charge < -0.3 is 19.9 Å². The lowest BCUT2D eigenvalue weighted by Crippen LogP contribution is -2.27. The fourth-order valence-electron chi connectivity index (χ4n) is 1.31. The van der Waals surface area contributed by atoms with Crippen molar-refractivity contribution in [1.82, 2.24) is 5.32 Å². The summed E-state index contributed by atoms with van der Waals surface area (Å²) in [7, 11) is 0. The molecule has 7 nitrogen and oxygen atoms in total. The molecule has 0 aromatic carbocycles. The first-order valence-corrected chi connectivity index (χ1v) is 6.07. The molecule has 2 rings (SSSR count). The van der Waals surface area contributed by atoms with Crippen LogP contribution in [0.4, 0.5) is 0 Å². The number of aliphatic hydroxyl groups excluding tert-OH is 1. The van der Waals surface area contributed by atoms with Gasteiger partial charge in [0.2, 0.25) is 0 Å². The standard InChI is InChI=1S/C11H10N2O5S/c14-5-7(10(16)17)12-11-13-9(15)8(19-11)4-6-2-1-3-18-6/h1-4,7,14H,5H2,(H,16,17)(H,12,13,15)/b8-4-/t7-/m0/s1. The second-order valence-corrected chi connectivity index (χ2v) is 4.58. The Morgan fingerprint density at radius 2 is 2.42 bits per heavy atom. The van der Waals surface area contributed by atoms with Gasteiger partial charge in [0.1, 0.15) is 5.76 Å². The molecular weight excluding hydrogens is 272 g/mol. The highest BCUT2D eigenvalue weighted by Gasteiger charge is 2.26. The van der Waals surface area contributed by atoms with E-state index < -0.39 is 18.6 Å². The normalized spacial score (nSPS) is 20.8. The van der Waals surface area contributed by atoms with Gasteiger partial charge in [-0.2, -0.15) is 0 Å². The fraction of sp³-hybridized carbons (Fsp3) is 0.182. The number of thioether (sulfide) groups is 1. The number of carboxylic acid groups (broad SMARTS) is 1. The first-order valence-electron chi connectivity index (χ1n) is 5.26. The topological polar surface area (TPSA) is 112 Å². The first-order chi connectivity index (χ1) is 9.10. The number of amidine groups is 1.